The zero-order valence-electron chi connectivity index (χ0n) is 9.41. The molecule has 0 aromatic heterocycles. The second-order valence-electron chi connectivity index (χ2n) is 4.55. The number of nitrogens with one attached hydrogen (secondary N) is 1. The normalized spacial score (nSPS) is 27.1. The van der Waals surface area contributed by atoms with Crippen molar-refractivity contribution >= 4 is 10.0 Å². The van der Waals surface area contributed by atoms with Crippen LogP contribution in [0, 0.1) is 5.92 Å². The maximum atomic E-state index is 11.6. The Kier molecular flexibility index (Phi) is 5.02. The summed E-state index contributed by atoms with van der Waals surface area (Å²) < 4.78 is 26.0. The summed E-state index contributed by atoms with van der Waals surface area (Å²) in [4.78, 5) is 0. The fourth-order valence-corrected chi connectivity index (χ4v) is 3.49. The van der Waals surface area contributed by atoms with Crippen molar-refractivity contribution in [2.24, 2.45) is 11.7 Å². The van der Waals surface area contributed by atoms with E-state index in [0.29, 0.717) is 18.9 Å². The molecule has 2 atom stereocenters. The minimum atomic E-state index is -3.07. The quantitative estimate of drug-likeness (QED) is 0.669. The lowest BCUT2D eigenvalue weighted by molar-refractivity contribution is 0.536. The first-order valence-electron chi connectivity index (χ1n) is 5.73. The van der Waals surface area contributed by atoms with Crippen molar-refractivity contribution in [3.8, 4) is 0 Å². The topological polar surface area (TPSA) is 72.2 Å². The van der Waals surface area contributed by atoms with E-state index in [0.717, 1.165) is 25.7 Å². The maximum absolute atomic E-state index is 11.6. The van der Waals surface area contributed by atoms with Gasteiger partial charge in [-0.3, -0.25) is 0 Å². The van der Waals surface area contributed by atoms with E-state index in [4.69, 9.17) is 5.73 Å². The fraction of sp³-hybridized carbons (Fsp3) is 1.00. The van der Waals surface area contributed by atoms with Gasteiger partial charge in [0.05, 0.1) is 5.75 Å². The van der Waals surface area contributed by atoms with Gasteiger partial charge in [-0.15, -0.1) is 0 Å². The number of unbranched alkanes of at least 4 members (excludes halogenated alkanes) is 1. The lowest BCUT2D eigenvalue weighted by Crippen LogP contribution is -2.34. The first-order chi connectivity index (χ1) is 7.03. The Morgan fingerprint density at radius 2 is 2.07 bits per heavy atom. The minimum Gasteiger partial charge on any atom is -0.330 e. The van der Waals surface area contributed by atoms with Gasteiger partial charge in [0.1, 0.15) is 0 Å². The molecule has 0 aromatic carbocycles. The molecule has 0 radical (unpaired) electrons. The van der Waals surface area contributed by atoms with Crippen LogP contribution in [0.15, 0.2) is 0 Å². The lowest BCUT2D eigenvalue weighted by Gasteiger charge is -2.12. The molecule has 0 heterocycles. The van der Waals surface area contributed by atoms with Gasteiger partial charge in [0.2, 0.25) is 10.0 Å². The van der Waals surface area contributed by atoms with Crippen molar-refractivity contribution in [3.05, 3.63) is 0 Å². The van der Waals surface area contributed by atoms with Crippen LogP contribution >= 0.6 is 0 Å². The van der Waals surface area contributed by atoms with E-state index in [1.807, 2.05) is 0 Å². The van der Waals surface area contributed by atoms with Crippen molar-refractivity contribution < 1.29 is 8.42 Å². The van der Waals surface area contributed by atoms with Gasteiger partial charge >= 0.3 is 0 Å². The van der Waals surface area contributed by atoms with Gasteiger partial charge < -0.3 is 5.73 Å². The van der Waals surface area contributed by atoms with Crippen molar-refractivity contribution in [2.75, 3.05) is 12.3 Å². The van der Waals surface area contributed by atoms with Crippen LogP contribution in [0.3, 0.4) is 0 Å². The number of hydrogen-bond donors (Lipinski definition) is 2. The van der Waals surface area contributed by atoms with Crippen molar-refractivity contribution in [1.29, 1.82) is 0 Å². The van der Waals surface area contributed by atoms with Crippen molar-refractivity contribution in [1.82, 2.24) is 4.72 Å². The van der Waals surface area contributed by atoms with Crippen LogP contribution in [0.4, 0.5) is 0 Å². The molecule has 0 saturated heterocycles. The smallest absolute Gasteiger partial charge is 0.211 e. The van der Waals surface area contributed by atoms with E-state index in [2.05, 4.69) is 11.6 Å². The molecule has 2 unspecified atom stereocenters. The molecule has 0 aliphatic heterocycles. The number of nitrogens with two attached hydrogens (primary N) is 1. The average molecular weight is 234 g/mol. The number of rotatable bonds is 6. The van der Waals surface area contributed by atoms with Crippen molar-refractivity contribution in [3.63, 3.8) is 0 Å². The predicted octanol–water partition coefficient (Wildman–Crippen LogP) is 0.833. The highest BCUT2D eigenvalue weighted by Gasteiger charge is 2.24. The Balaban J connectivity index is 2.29. The van der Waals surface area contributed by atoms with E-state index in [1.54, 1.807) is 0 Å². The molecule has 90 valence electrons. The largest absolute Gasteiger partial charge is 0.330 e. The van der Waals surface area contributed by atoms with Crippen LogP contribution in [0.5, 0.6) is 0 Å². The van der Waals surface area contributed by atoms with E-state index in [-0.39, 0.29) is 11.8 Å². The summed E-state index contributed by atoms with van der Waals surface area (Å²) in [6.45, 7) is 2.73. The third kappa shape index (κ3) is 4.95. The van der Waals surface area contributed by atoms with Crippen LogP contribution in [-0.2, 0) is 10.0 Å². The first kappa shape index (κ1) is 12.9. The molecule has 1 aliphatic rings. The first-order valence-corrected chi connectivity index (χ1v) is 7.39. The summed E-state index contributed by atoms with van der Waals surface area (Å²) in [6.07, 6.45) is 4.54. The Morgan fingerprint density at radius 3 is 2.60 bits per heavy atom. The summed E-state index contributed by atoms with van der Waals surface area (Å²) in [6, 6.07) is 0.169. The van der Waals surface area contributed by atoms with Crippen LogP contribution in [0.25, 0.3) is 0 Å². The fourth-order valence-electron chi connectivity index (χ4n) is 2.06. The van der Waals surface area contributed by atoms with Crippen LogP contribution in [0.1, 0.15) is 39.0 Å². The summed E-state index contributed by atoms with van der Waals surface area (Å²) in [5, 5.41) is 0. The number of sulfonamides is 1. The molecule has 15 heavy (non-hydrogen) atoms. The second kappa shape index (κ2) is 5.82. The van der Waals surface area contributed by atoms with E-state index >= 15 is 0 Å². The highest BCUT2D eigenvalue weighted by atomic mass is 32.2. The molecule has 0 spiro atoms. The third-order valence-electron chi connectivity index (χ3n) is 2.91. The molecule has 5 heteroatoms. The van der Waals surface area contributed by atoms with E-state index < -0.39 is 10.0 Å². The summed E-state index contributed by atoms with van der Waals surface area (Å²) >= 11 is 0. The van der Waals surface area contributed by atoms with Crippen LogP contribution in [0.2, 0.25) is 0 Å². The molecule has 0 aromatic rings. The van der Waals surface area contributed by atoms with Gasteiger partial charge in [-0.2, -0.15) is 0 Å². The predicted molar refractivity (Wildman–Crippen MR) is 62.0 cm³/mol. The lowest BCUT2D eigenvalue weighted by atomic mass is 10.1. The Hall–Kier alpha value is -0.130. The molecular formula is C10H22N2O2S. The van der Waals surface area contributed by atoms with Crippen molar-refractivity contribution in [2.45, 2.75) is 45.1 Å². The number of hydrogen-bond acceptors (Lipinski definition) is 3. The van der Waals surface area contributed by atoms with E-state index in [9.17, 15) is 8.42 Å². The molecule has 0 amide bonds. The minimum absolute atomic E-state index is 0.169. The molecule has 4 nitrogen and oxygen atoms in total. The molecular weight excluding hydrogens is 212 g/mol. The molecule has 3 N–H and O–H groups in total. The Labute approximate surface area is 92.7 Å². The Morgan fingerprint density at radius 1 is 1.33 bits per heavy atom. The van der Waals surface area contributed by atoms with E-state index in [1.165, 1.54) is 0 Å². The van der Waals surface area contributed by atoms with Crippen LogP contribution < -0.4 is 10.5 Å². The molecule has 1 fully saturated rings. The summed E-state index contributed by atoms with van der Waals surface area (Å²) in [5.74, 6) is 0.872. The second-order valence-corrected chi connectivity index (χ2v) is 6.42. The molecule has 1 rings (SSSR count). The zero-order valence-corrected chi connectivity index (χ0v) is 10.2. The standard InChI is InChI=1S/C10H22N2O2S/c1-9-4-5-10(8-9)12-15(13,14)7-3-2-6-11/h9-10,12H,2-8,11H2,1H3. The SMILES string of the molecule is CC1CCC(NS(=O)(=O)CCCCN)C1. The molecule has 0 bridgehead atoms. The summed E-state index contributed by atoms with van der Waals surface area (Å²) in [7, 11) is -3.07. The maximum Gasteiger partial charge on any atom is 0.211 e. The molecule has 1 aliphatic carbocycles. The zero-order chi connectivity index (χ0) is 11.3. The third-order valence-corrected chi connectivity index (χ3v) is 4.43. The van der Waals surface area contributed by atoms with Gasteiger partial charge in [0.25, 0.3) is 0 Å². The van der Waals surface area contributed by atoms with Gasteiger partial charge in [-0.25, -0.2) is 13.1 Å². The molecule has 1 saturated carbocycles. The average Bonchev–Trinajstić information content (AvgIpc) is 2.50. The monoisotopic (exact) mass is 234 g/mol. The highest BCUT2D eigenvalue weighted by molar-refractivity contribution is 7.89. The van der Waals surface area contributed by atoms with Gasteiger partial charge in [-0.05, 0) is 44.6 Å². The van der Waals surface area contributed by atoms with Crippen LogP contribution in [-0.4, -0.2) is 26.8 Å². The van der Waals surface area contributed by atoms with Gasteiger partial charge in [0.15, 0.2) is 0 Å². The highest BCUT2D eigenvalue weighted by Crippen LogP contribution is 2.25. The van der Waals surface area contributed by atoms with Gasteiger partial charge in [-0.1, -0.05) is 6.92 Å². The summed E-state index contributed by atoms with van der Waals surface area (Å²) in [5.41, 5.74) is 5.32. The Bertz CT molecular complexity index is 277. The van der Waals surface area contributed by atoms with Gasteiger partial charge in [0, 0.05) is 6.04 Å².